The fourth-order valence-electron chi connectivity index (χ4n) is 3.07. The molecule has 5 heteroatoms. The number of rotatable bonds is 2. The van der Waals surface area contributed by atoms with E-state index in [-0.39, 0.29) is 5.91 Å². The maximum Gasteiger partial charge on any atom is 0.232 e. The number of amides is 1. The van der Waals surface area contributed by atoms with Crippen LogP contribution in [0, 0.1) is 0 Å². The van der Waals surface area contributed by atoms with Gasteiger partial charge in [-0.15, -0.1) is 0 Å². The Balaban J connectivity index is 1.83. The number of hydrogen-bond acceptors (Lipinski definition) is 4. The van der Waals surface area contributed by atoms with Gasteiger partial charge in [-0.1, -0.05) is 6.07 Å². The third-order valence-electron chi connectivity index (χ3n) is 4.45. The monoisotopic (exact) mass is 304 g/mol. The zero-order chi connectivity index (χ0) is 15.7. The topological polar surface area (TPSA) is 50.8 Å². The molecule has 1 amide bonds. The minimum absolute atomic E-state index is 0.164. The van der Waals surface area contributed by atoms with Gasteiger partial charge >= 0.3 is 0 Å². The average Bonchev–Trinajstić information content (AvgIpc) is 2.53. The number of piperazine rings is 1. The Kier molecular flexibility index (Phi) is 4.00. The van der Waals surface area contributed by atoms with Gasteiger partial charge in [-0.2, -0.15) is 0 Å². The molecule has 2 heterocycles. The standard InChI is InChI=1S/C17H24N2O3/c1-12-11-19(7-6-18-12)16(20)17(2,3)13-4-5-14-15(10-13)22-9-8-21-14/h4-5,10,12,18H,6-9,11H2,1-3H3/t12-/m0/s1. The van der Waals surface area contributed by atoms with Crippen LogP contribution < -0.4 is 14.8 Å². The van der Waals surface area contributed by atoms with Crippen LogP contribution in [-0.2, 0) is 10.2 Å². The molecule has 1 aromatic carbocycles. The van der Waals surface area contributed by atoms with Gasteiger partial charge < -0.3 is 19.7 Å². The van der Waals surface area contributed by atoms with E-state index in [2.05, 4.69) is 12.2 Å². The highest BCUT2D eigenvalue weighted by atomic mass is 16.6. The third kappa shape index (κ3) is 2.77. The summed E-state index contributed by atoms with van der Waals surface area (Å²) in [6.45, 7) is 9.57. The number of carbonyl (C=O) groups excluding carboxylic acids is 1. The normalized spacial score (nSPS) is 21.6. The summed E-state index contributed by atoms with van der Waals surface area (Å²) in [6, 6.07) is 6.16. The average molecular weight is 304 g/mol. The Bertz CT molecular complexity index is 571. The molecule has 0 aromatic heterocycles. The summed E-state index contributed by atoms with van der Waals surface area (Å²) >= 11 is 0. The molecule has 2 aliphatic rings. The molecule has 1 aromatic rings. The molecule has 2 aliphatic heterocycles. The van der Waals surface area contributed by atoms with Gasteiger partial charge in [0.25, 0.3) is 0 Å². The lowest BCUT2D eigenvalue weighted by molar-refractivity contribution is -0.137. The fourth-order valence-corrected chi connectivity index (χ4v) is 3.07. The van der Waals surface area contributed by atoms with Gasteiger partial charge in [0.15, 0.2) is 11.5 Å². The van der Waals surface area contributed by atoms with Crippen LogP contribution in [0.5, 0.6) is 11.5 Å². The second-order valence-corrected chi connectivity index (χ2v) is 6.59. The first-order chi connectivity index (χ1) is 10.5. The summed E-state index contributed by atoms with van der Waals surface area (Å²) in [6.07, 6.45) is 0. The SMILES string of the molecule is C[C@H]1CN(C(=O)C(C)(C)c2ccc3c(c2)OCCO3)CCN1. The van der Waals surface area contributed by atoms with E-state index in [9.17, 15) is 4.79 Å². The molecule has 0 bridgehead atoms. The largest absolute Gasteiger partial charge is 0.486 e. The van der Waals surface area contributed by atoms with Crippen LogP contribution in [0.1, 0.15) is 26.3 Å². The molecule has 0 radical (unpaired) electrons. The zero-order valence-corrected chi connectivity index (χ0v) is 13.5. The molecule has 0 aliphatic carbocycles. The molecular weight excluding hydrogens is 280 g/mol. The van der Waals surface area contributed by atoms with Crippen molar-refractivity contribution < 1.29 is 14.3 Å². The summed E-state index contributed by atoms with van der Waals surface area (Å²) in [4.78, 5) is 14.9. The van der Waals surface area contributed by atoms with Crippen LogP contribution in [0.3, 0.4) is 0 Å². The smallest absolute Gasteiger partial charge is 0.232 e. The van der Waals surface area contributed by atoms with E-state index in [1.54, 1.807) is 0 Å². The van der Waals surface area contributed by atoms with Gasteiger partial charge in [-0.05, 0) is 38.5 Å². The molecule has 0 unspecified atom stereocenters. The van der Waals surface area contributed by atoms with Crippen molar-refractivity contribution in [2.45, 2.75) is 32.2 Å². The van der Waals surface area contributed by atoms with E-state index in [0.29, 0.717) is 19.3 Å². The van der Waals surface area contributed by atoms with E-state index in [1.165, 1.54) is 0 Å². The molecule has 1 saturated heterocycles. The number of fused-ring (bicyclic) bond motifs is 1. The molecule has 22 heavy (non-hydrogen) atoms. The molecular formula is C17H24N2O3. The summed E-state index contributed by atoms with van der Waals surface area (Å²) in [7, 11) is 0. The maximum atomic E-state index is 13.0. The quantitative estimate of drug-likeness (QED) is 0.901. The molecule has 0 saturated carbocycles. The molecule has 1 fully saturated rings. The van der Waals surface area contributed by atoms with E-state index in [0.717, 1.165) is 36.7 Å². The van der Waals surface area contributed by atoms with Crippen molar-refractivity contribution in [1.29, 1.82) is 0 Å². The van der Waals surface area contributed by atoms with Gasteiger partial charge in [0.05, 0.1) is 5.41 Å². The second-order valence-electron chi connectivity index (χ2n) is 6.59. The Hall–Kier alpha value is -1.75. The Morgan fingerprint density at radius 3 is 2.73 bits per heavy atom. The van der Waals surface area contributed by atoms with Crippen molar-refractivity contribution in [3.8, 4) is 11.5 Å². The number of nitrogens with zero attached hydrogens (tertiary/aromatic N) is 1. The van der Waals surface area contributed by atoms with E-state index in [1.807, 2.05) is 36.9 Å². The molecule has 120 valence electrons. The van der Waals surface area contributed by atoms with Crippen molar-refractivity contribution >= 4 is 5.91 Å². The third-order valence-corrected chi connectivity index (χ3v) is 4.45. The molecule has 1 N–H and O–H groups in total. The van der Waals surface area contributed by atoms with Crippen LogP contribution in [0.2, 0.25) is 0 Å². The lowest BCUT2D eigenvalue weighted by Crippen LogP contribution is -2.55. The van der Waals surface area contributed by atoms with E-state index >= 15 is 0 Å². The lowest BCUT2D eigenvalue weighted by Gasteiger charge is -2.37. The minimum Gasteiger partial charge on any atom is -0.486 e. The van der Waals surface area contributed by atoms with Crippen molar-refractivity contribution in [2.24, 2.45) is 0 Å². The molecule has 0 spiro atoms. The van der Waals surface area contributed by atoms with Crippen molar-refractivity contribution in [2.75, 3.05) is 32.8 Å². The molecule has 5 nitrogen and oxygen atoms in total. The lowest BCUT2D eigenvalue weighted by atomic mass is 9.82. The van der Waals surface area contributed by atoms with Gasteiger partial charge in [0, 0.05) is 25.7 Å². The van der Waals surface area contributed by atoms with Crippen LogP contribution in [0.25, 0.3) is 0 Å². The van der Waals surface area contributed by atoms with Crippen LogP contribution in [-0.4, -0.2) is 49.7 Å². The van der Waals surface area contributed by atoms with Crippen LogP contribution in [0.4, 0.5) is 0 Å². The summed E-state index contributed by atoms with van der Waals surface area (Å²) in [5.74, 6) is 1.66. The van der Waals surface area contributed by atoms with Crippen molar-refractivity contribution in [3.05, 3.63) is 23.8 Å². The molecule has 1 atom stereocenters. The van der Waals surface area contributed by atoms with Gasteiger partial charge in [0.1, 0.15) is 13.2 Å². The number of ether oxygens (including phenoxy) is 2. The fraction of sp³-hybridized carbons (Fsp3) is 0.588. The van der Waals surface area contributed by atoms with E-state index < -0.39 is 5.41 Å². The number of benzene rings is 1. The first-order valence-electron chi connectivity index (χ1n) is 7.91. The van der Waals surface area contributed by atoms with Gasteiger partial charge in [-0.3, -0.25) is 4.79 Å². The number of hydrogen-bond donors (Lipinski definition) is 1. The molecule has 3 rings (SSSR count). The van der Waals surface area contributed by atoms with Crippen LogP contribution in [0.15, 0.2) is 18.2 Å². The van der Waals surface area contributed by atoms with Gasteiger partial charge in [-0.25, -0.2) is 0 Å². The van der Waals surface area contributed by atoms with Crippen molar-refractivity contribution in [1.82, 2.24) is 10.2 Å². The zero-order valence-electron chi connectivity index (χ0n) is 13.5. The highest BCUT2D eigenvalue weighted by molar-refractivity contribution is 5.87. The summed E-state index contributed by atoms with van der Waals surface area (Å²) < 4.78 is 11.2. The minimum atomic E-state index is -0.576. The van der Waals surface area contributed by atoms with E-state index in [4.69, 9.17) is 9.47 Å². The van der Waals surface area contributed by atoms with Crippen LogP contribution >= 0.6 is 0 Å². The first kappa shape index (κ1) is 15.2. The number of nitrogens with one attached hydrogen (secondary N) is 1. The van der Waals surface area contributed by atoms with Gasteiger partial charge in [0.2, 0.25) is 5.91 Å². The Labute approximate surface area is 131 Å². The summed E-state index contributed by atoms with van der Waals surface area (Å²) in [5, 5.41) is 3.37. The summed E-state index contributed by atoms with van der Waals surface area (Å²) in [5.41, 5.74) is 0.389. The van der Waals surface area contributed by atoms with Crippen molar-refractivity contribution in [3.63, 3.8) is 0 Å². The Morgan fingerprint density at radius 1 is 1.27 bits per heavy atom. The Morgan fingerprint density at radius 2 is 2.00 bits per heavy atom. The number of carbonyl (C=O) groups is 1. The first-order valence-corrected chi connectivity index (χ1v) is 7.91. The highest BCUT2D eigenvalue weighted by Crippen LogP contribution is 2.36. The predicted octanol–water partition coefficient (Wildman–Crippen LogP) is 1.56. The highest BCUT2D eigenvalue weighted by Gasteiger charge is 2.36. The predicted molar refractivity (Wildman–Crippen MR) is 84.5 cm³/mol. The second kappa shape index (κ2) is 5.80. The maximum absolute atomic E-state index is 13.0.